The maximum absolute atomic E-state index is 10.8. The van der Waals surface area contributed by atoms with Crippen LogP contribution in [0, 0.1) is 22.5 Å². The highest BCUT2D eigenvalue weighted by Crippen LogP contribution is 2.51. The third-order valence-electron chi connectivity index (χ3n) is 3.26. The molecule has 0 radical (unpaired) electrons. The molecule has 1 aromatic heterocycles. The van der Waals surface area contributed by atoms with E-state index in [1.807, 2.05) is 0 Å². The molecule has 1 fully saturated rings. The fraction of sp³-hybridized carbons (Fsp3) is 0.500. The lowest BCUT2D eigenvalue weighted by Crippen LogP contribution is -2.11. The molecule has 0 aliphatic heterocycles. The number of pyridine rings is 1. The average molecular weight is 282 g/mol. The van der Waals surface area contributed by atoms with Crippen LogP contribution in [0.1, 0.15) is 24.8 Å². The van der Waals surface area contributed by atoms with Gasteiger partial charge in [0.15, 0.2) is 0 Å². The van der Waals surface area contributed by atoms with Crippen molar-refractivity contribution in [3.05, 3.63) is 27.9 Å². The van der Waals surface area contributed by atoms with Gasteiger partial charge in [-0.1, -0.05) is 0 Å². The Kier molecular flexibility index (Phi) is 3.75. The Bertz CT molecular complexity index is 528. The largest absolute Gasteiger partial charge is 0.481 e. The van der Waals surface area contributed by atoms with Crippen LogP contribution in [-0.2, 0) is 4.79 Å². The molecule has 6 nitrogen and oxygen atoms in total. The van der Waals surface area contributed by atoms with E-state index < -0.39 is 10.9 Å². The van der Waals surface area contributed by atoms with E-state index in [2.05, 4.69) is 4.98 Å². The number of aryl methyl sites for hydroxylation is 1. The second-order valence-electron chi connectivity index (χ2n) is 4.93. The van der Waals surface area contributed by atoms with Gasteiger partial charge in [-0.15, -0.1) is 11.8 Å². The number of aromatic nitrogens is 1. The topological polar surface area (TPSA) is 93.3 Å². The van der Waals surface area contributed by atoms with E-state index in [1.165, 1.54) is 24.0 Å². The third-order valence-corrected chi connectivity index (χ3v) is 4.53. The Balaban J connectivity index is 2.02. The van der Waals surface area contributed by atoms with Gasteiger partial charge in [0.05, 0.1) is 11.3 Å². The van der Waals surface area contributed by atoms with Crippen molar-refractivity contribution in [2.75, 3.05) is 5.75 Å². The molecule has 1 heterocycles. The molecule has 19 heavy (non-hydrogen) atoms. The minimum atomic E-state index is -0.791. The predicted octanol–water partition coefficient (Wildman–Crippen LogP) is 2.65. The Hall–Kier alpha value is -1.63. The summed E-state index contributed by atoms with van der Waals surface area (Å²) in [5.41, 5.74) is 0.444. The van der Waals surface area contributed by atoms with E-state index in [0.29, 0.717) is 16.3 Å². The molecule has 1 aromatic rings. The summed E-state index contributed by atoms with van der Waals surface area (Å²) in [6.07, 6.45) is 3.45. The Morgan fingerprint density at radius 2 is 2.32 bits per heavy atom. The number of hydrogen-bond donors (Lipinski definition) is 1. The van der Waals surface area contributed by atoms with Crippen molar-refractivity contribution in [1.29, 1.82) is 0 Å². The van der Waals surface area contributed by atoms with Gasteiger partial charge in [-0.2, -0.15) is 0 Å². The van der Waals surface area contributed by atoms with Crippen LogP contribution >= 0.6 is 11.8 Å². The zero-order valence-electron chi connectivity index (χ0n) is 10.5. The fourth-order valence-corrected chi connectivity index (χ4v) is 3.03. The van der Waals surface area contributed by atoms with Crippen LogP contribution in [0.3, 0.4) is 0 Å². The lowest BCUT2D eigenvalue weighted by atomic mass is 10.1. The van der Waals surface area contributed by atoms with Crippen LogP contribution in [0.4, 0.5) is 5.69 Å². The van der Waals surface area contributed by atoms with Crippen molar-refractivity contribution in [3.63, 3.8) is 0 Å². The van der Waals surface area contributed by atoms with Crippen LogP contribution in [0.15, 0.2) is 17.3 Å². The quantitative estimate of drug-likeness (QED) is 0.489. The molecule has 0 atom stereocenters. The van der Waals surface area contributed by atoms with Crippen LogP contribution < -0.4 is 0 Å². The summed E-state index contributed by atoms with van der Waals surface area (Å²) >= 11 is 1.39. The van der Waals surface area contributed by atoms with Gasteiger partial charge in [-0.25, -0.2) is 4.98 Å². The predicted molar refractivity (Wildman–Crippen MR) is 70.3 cm³/mol. The first-order valence-corrected chi connectivity index (χ1v) is 6.86. The summed E-state index contributed by atoms with van der Waals surface area (Å²) in [4.78, 5) is 25.3. The number of carboxylic acid groups (broad SMARTS) is 1. The van der Waals surface area contributed by atoms with E-state index in [1.54, 1.807) is 6.92 Å². The third kappa shape index (κ3) is 3.44. The van der Waals surface area contributed by atoms with Gasteiger partial charge in [-0.3, -0.25) is 14.9 Å². The molecular formula is C12H14N2O4S. The standard InChI is InChI=1S/C12H14N2O4S/c1-8-6-13-10(4-9(8)14(17)18)19-7-12(2-3-12)5-11(15)16/h4,6H,2-3,5,7H2,1H3,(H,15,16). The maximum Gasteiger partial charge on any atom is 0.303 e. The van der Waals surface area contributed by atoms with E-state index in [4.69, 9.17) is 5.11 Å². The molecule has 0 unspecified atom stereocenters. The number of thioether (sulfide) groups is 1. The molecule has 2 rings (SSSR count). The highest BCUT2D eigenvalue weighted by molar-refractivity contribution is 7.99. The van der Waals surface area contributed by atoms with Gasteiger partial charge in [-0.05, 0) is 25.2 Å². The van der Waals surface area contributed by atoms with Gasteiger partial charge in [0.25, 0.3) is 5.69 Å². The molecule has 0 aromatic carbocycles. The van der Waals surface area contributed by atoms with E-state index in [-0.39, 0.29) is 17.5 Å². The molecule has 1 N–H and O–H groups in total. The first-order chi connectivity index (χ1) is 8.92. The average Bonchev–Trinajstić information content (AvgIpc) is 3.07. The summed E-state index contributed by atoms with van der Waals surface area (Å²) in [6, 6.07) is 1.46. The Labute approximate surface area is 114 Å². The summed E-state index contributed by atoms with van der Waals surface area (Å²) in [5.74, 6) is -0.145. The first-order valence-electron chi connectivity index (χ1n) is 5.87. The molecule has 0 amide bonds. The molecule has 1 aliphatic carbocycles. The number of carboxylic acids is 1. The molecule has 0 spiro atoms. The second kappa shape index (κ2) is 5.16. The number of rotatable bonds is 6. The molecule has 1 saturated carbocycles. The molecule has 0 bridgehead atoms. The summed E-state index contributed by atoms with van der Waals surface area (Å²) in [7, 11) is 0. The van der Waals surface area contributed by atoms with Gasteiger partial charge >= 0.3 is 5.97 Å². The molecule has 1 aliphatic rings. The number of aliphatic carboxylic acids is 1. The number of nitro groups is 1. The van der Waals surface area contributed by atoms with Gasteiger partial charge < -0.3 is 5.11 Å². The fourth-order valence-electron chi connectivity index (χ4n) is 1.87. The molecule has 7 heteroatoms. The van der Waals surface area contributed by atoms with Gasteiger partial charge in [0.2, 0.25) is 0 Å². The highest BCUT2D eigenvalue weighted by atomic mass is 32.2. The summed E-state index contributed by atoms with van der Waals surface area (Å²) < 4.78 is 0. The zero-order valence-corrected chi connectivity index (χ0v) is 11.3. The maximum atomic E-state index is 10.8. The lowest BCUT2D eigenvalue weighted by Gasteiger charge is -2.11. The molecule has 0 saturated heterocycles. The first kappa shape index (κ1) is 13.8. The summed E-state index contributed by atoms with van der Waals surface area (Å²) in [5, 5.41) is 20.2. The van der Waals surface area contributed by atoms with Crippen LogP contribution in [0.2, 0.25) is 0 Å². The lowest BCUT2D eigenvalue weighted by molar-refractivity contribution is -0.385. The smallest absolute Gasteiger partial charge is 0.303 e. The minimum absolute atomic E-state index is 0.0561. The van der Waals surface area contributed by atoms with Crippen LogP contribution in [0.25, 0.3) is 0 Å². The number of nitrogens with zero attached hydrogens (tertiary/aromatic N) is 2. The van der Waals surface area contributed by atoms with Crippen molar-refractivity contribution in [2.24, 2.45) is 5.41 Å². The SMILES string of the molecule is Cc1cnc(SCC2(CC(=O)O)CC2)cc1[N+](=O)[O-]. The summed E-state index contributed by atoms with van der Waals surface area (Å²) in [6.45, 7) is 1.65. The van der Waals surface area contributed by atoms with E-state index >= 15 is 0 Å². The Morgan fingerprint density at radius 3 is 2.84 bits per heavy atom. The molecule has 102 valence electrons. The second-order valence-corrected chi connectivity index (χ2v) is 5.92. The highest BCUT2D eigenvalue weighted by Gasteiger charge is 2.44. The van der Waals surface area contributed by atoms with Gasteiger partial charge in [0, 0.05) is 23.6 Å². The normalized spacial score (nSPS) is 16.1. The number of hydrogen-bond acceptors (Lipinski definition) is 5. The van der Waals surface area contributed by atoms with Crippen LogP contribution in [-0.4, -0.2) is 26.7 Å². The van der Waals surface area contributed by atoms with Crippen molar-refractivity contribution >= 4 is 23.4 Å². The Morgan fingerprint density at radius 1 is 1.63 bits per heavy atom. The van der Waals surface area contributed by atoms with E-state index in [9.17, 15) is 14.9 Å². The zero-order chi connectivity index (χ0) is 14.0. The monoisotopic (exact) mass is 282 g/mol. The van der Waals surface area contributed by atoms with Crippen molar-refractivity contribution < 1.29 is 14.8 Å². The van der Waals surface area contributed by atoms with Crippen LogP contribution in [0.5, 0.6) is 0 Å². The van der Waals surface area contributed by atoms with Crippen molar-refractivity contribution in [2.45, 2.75) is 31.2 Å². The van der Waals surface area contributed by atoms with Gasteiger partial charge in [0.1, 0.15) is 5.03 Å². The van der Waals surface area contributed by atoms with Crippen molar-refractivity contribution in [1.82, 2.24) is 4.98 Å². The van der Waals surface area contributed by atoms with E-state index in [0.717, 1.165) is 12.8 Å². The molecular weight excluding hydrogens is 268 g/mol. The number of carbonyl (C=O) groups is 1. The van der Waals surface area contributed by atoms with Crippen molar-refractivity contribution in [3.8, 4) is 0 Å². The minimum Gasteiger partial charge on any atom is -0.481 e.